The summed E-state index contributed by atoms with van der Waals surface area (Å²) in [5, 5.41) is 11.8. The zero-order valence-electron chi connectivity index (χ0n) is 12.4. The van der Waals surface area contributed by atoms with Crippen molar-refractivity contribution in [3.8, 4) is 5.75 Å². The molecule has 6 nitrogen and oxygen atoms in total. The van der Waals surface area contributed by atoms with Gasteiger partial charge in [0.05, 0.1) is 12.5 Å². The van der Waals surface area contributed by atoms with Crippen molar-refractivity contribution in [2.75, 3.05) is 7.05 Å². The molecular weight excluding hydrogens is 286 g/mol. The summed E-state index contributed by atoms with van der Waals surface area (Å²) in [6.07, 6.45) is 5.87. The fraction of sp³-hybridized carbons (Fsp3) is 0.500. The van der Waals surface area contributed by atoms with Gasteiger partial charge in [-0.05, 0) is 44.4 Å². The molecule has 2 N–H and O–H groups in total. The second-order valence-corrected chi connectivity index (χ2v) is 5.72. The van der Waals surface area contributed by atoms with Gasteiger partial charge in [0.15, 0.2) is 0 Å². The summed E-state index contributed by atoms with van der Waals surface area (Å²) in [7, 11) is 1.63. The first-order chi connectivity index (χ1) is 10.6. The molecule has 1 aromatic rings. The zero-order valence-corrected chi connectivity index (χ0v) is 12.4. The van der Waals surface area contributed by atoms with Crippen molar-refractivity contribution in [2.24, 2.45) is 0 Å². The Balaban J connectivity index is 1.98. The van der Waals surface area contributed by atoms with E-state index >= 15 is 0 Å². The molecule has 0 amide bonds. The summed E-state index contributed by atoms with van der Waals surface area (Å²) < 4.78 is 11.3. The molecular formula is C16H19NO5. The predicted molar refractivity (Wildman–Crippen MR) is 79.9 cm³/mol. The number of fused-ring (bicyclic) bond motifs is 2. The van der Waals surface area contributed by atoms with Gasteiger partial charge in [0.25, 0.3) is 0 Å². The minimum absolute atomic E-state index is 0.0309. The molecule has 118 valence electrons. The molecule has 0 spiro atoms. The number of nitrogens with one attached hydrogen (secondary N) is 1. The van der Waals surface area contributed by atoms with Gasteiger partial charge in [0.1, 0.15) is 23.2 Å². The molecule has 0 saturated heterocycles. The molecule has 6 heteroatoms. The Hall–Kier alpha value is -2.08. The van der Waals surface area contributed by atoms with E-state index in [-0.39, 0.29) is 12.5 Å². The van der Waals surface area contributed by atoms with Crippen LogP contribution in [0.5, 0.6) is 5.75 Å². The Morgan fingerprint density at radius 2 is 2.32 bits per heavy atom. The highest BCUT2D eigenvalue weighted by Gasteiger charge is 2.29. The van der Waals surface area contributed by atoms with Crippen LogP contribution in [0.15, 0.2) is 20.9 Å². The maximum absolute atomic E-state index is 12.2. The molecule has 0 bridgehead atoms. The van der Waals surface area contributed by atoms with Crippen LogP contribution in [-0.2, 0) is 4.79 Å². The fourth-order valence-corrected chi connectivity index (χ4v) is 3.06. The summed E-state index contributed by atoms with van der Waals surface area (Å²) in [5.41, 5.74) is 1.10. The lowest BCUT2D eigenvalue weighted by atomic mass is 9.89. The number of rotatable bonds is 4. The Morgan fingerprint density at radius 3 is 3.05 bits per heavy atom. The molecule has 3 rings (SSSR count). The van der Waals surface area contributed by atoms with Crippen LogP contribution in [-0.4, -0.2) is 24.2 Å². The fourth-order valence-electron chi connectivity index (χ4n) is 3.06. The number of hydrogen-bond donors (Lipinski definition) is 2. The zero-order chi connectivity index (χ0) is 15.7. The standard InChI is InChI=1S/C16H19NO5/c1-17-11(7-15(18)19)14-8-13-10(16(20)22-14)6-9-4-2-3-5-12(9)21-13/h6,8,11-12,17H,2-5,7H2,1H3,(H,18,19). The van der Waals surface area contributed by atoms with Gasteiger partial charge in [-0.2, -0.15) is 0 Å². The van der Waals surface area contributed by atoms with Gasteiger partial charge >= 0.3 is 11.6 Å². The number of hydrogen-bond acceptors (Lipinski definition) is 5. The van der Waals surface area contributed by atoms with Crippen LogP contribution < -0.4 is 15.7 Å². The first-order valence-corrected chi connectivity index (χ1v) is 7.52. The van der Waals surface area contributed by atoms with Crippen LogP contribution in [0.25, 0.3) is 6.08 Å². The molecule has 0 aromatic carbocycles. The smallest absolute Gasteiger partial charge is 0.347 e. The Bertz CT molecular complexity index is 676. The first kappa shape index (κ1) is 14.8. The molecule has 1 aliphatic carbocycles. The van der Waals surface area contributed by atoms with Gasteiger partial charge < -0.3 is 19.6 Å². The largest absolute Gasteiger partial charge is 0.485 e. The normalized spacial score (nSPS) is 21.1. The molecule has 2 aliphatic rings. The van der Waals surface area contributed by atoms with Crippen molar-refractivity contribution in [1.29, 1.82) is 0 Å². The summed E-state index contributed by atoms with van der Waals surface area (Å²) in [5.74, 6) is -0.177. The lowest BCUT2D eigenvalue weighted by Crippen LogP contribution is -2.28. The van der Waals surface area contributed by atoms with E-state index in [4.69, 9.17) is 14.3 Å². The highest BCUT2D eigenvalue weighted by molar-refractivity contribution is 5.68. The van der Waals surface area contributed by atoms with Gasteiger partial charge in [0.2, 0.25) is 0 Å². The molecule has 1 saturated carbocycles. The van der Waals surface area contributed by atoms with Gasteiger partial charge in [-0.25, -0.2) is 4.79 Å². The summed E-state index contributed by atoms with van der Waals surface area (Å²) in [4.78, 5) is 23.1. The van der Waals surface area contributed by atoms with E-state index in [0.29, 0.717) is 17.1 Å². The highest BCUT2D eigenvalue weighted by Crippen LogP contribution is 2.36. The van der Waals surface area contributed by atoms with Crippen LogP contribution >= 0.6 is 0 Å². The topological polar surface area (TPSA) is 88.8 Å². The third kappa shape index (κ3) is 2.78. The van der Waals surface area contributed by atoms with Crippen molar-refractivity contribution in [1.82, 2.24) is 5.32 Å². The van der Waals surface area contributed by atoms with Crippen LogP contribution in [0, 0.1) is 0 Å². The lowest BCUT2D eigenvalue weighted by molar-refractivity contribution is -0.137. The number of ether oxygens (including phenoxy) is 1. The minimum atomic E-state index is -0.963. The Kier molecular flexibility index (Phi) is 4.02. The third-order valence-corrected chi connectivity index (χ3v) is 4.23. The molecule has 22 heavy (non-hydrogen) atoms. The summed E-state index contributed by atoms with van der Waals surface area (Å²) in [6.45, 7) is 0. The Labute approximate surface area is 127 Å². The van der Waals surface area contributed by atoms with Crippen molar-refractivity contribution in [3.63, 3.8) is 0 Å². The van der Waals surface area contributed by atoms with Gasteiger partial charge in [-0.15, -0.1) is 0 Å². The number of aliphatic carboxylic acids is 1. The van der Waals surface area contributed by atoms with Crippen molar-refractivity contribution in [3.05, 3.63) is 33.4 Å². The minimum Gasteiger partial charge on any atom is -0.485 e. The summed E-state index contributed by atoms with van der Waals surface area (Å²) >= 11 is 0. The molecule has 2 atom stereocenters. The molecule has 1 aromatic heterocycles. The highest BCUT2D eigenvalue weighted by atomic mass is 16.5. The van der Waals surface area contributed by atoms with Crippen LogP contribution in [0.1, 0.15) is 49.5 Å². The van der Waals surface area contributed by atoms with E-state index < -0.39 is 17.6 Å². The lowest BCUT2D eigenvalue weighted by Gasteiger charge is -2.30. The monoisotopic (exact) mass is 305 g/mol. The maximum Gasteiger partial charge on any atom is 0.347 e. The SMILES string of the molecule is CNC(CC(=O)O)c1cc2c(c(=O)o1)C=C1CCCCC1O2. The average molecular weight is 305 g/mol. The molecule has 1 fully saturated rings. The third-order valence-electron chi connectivity index (χ3n) is 4.23. The quantitative estimate of drug-likeness (QED) is 0.885. The van der Waals surface area contributed by atoms with Crippen LogP contribution in [0.2, 0.25) is 0 Å². The maximum atomic E-state index is 12.2. The van der Waals surface area contributed by atoms with Crippen molar-refractivity contribution in [2.45, 2.75) is 44.2 Å². The van der Waals surface area contributed by atoms with E-state index in [2.05, 4.69) is 5.32 Å². The van der Waals surface area contributed by atoms with Crippen LogP contribution in [0.4, 0.5) is 0 Å². The Morgan fingerprint density at radius 1 is 1.50 bits per heavy atom. The van der Waals surface area contributed by atoms with Crippen molar-refractivity contribution < 1.29 is 19.1 Å². The predicted octanol–water partition coefficient (Wildman–Crippen LogP) is 2.09. The molecule has 2 heterocycles. The van der Waals surface area contributed by atoms with Gasteiger partial charge in [-0.1, -0.05) is 0 Å². The van der Waals surface area contributed by atoms with E-state index in [9.17, 15) is 9.59 Å². The number of carboxylic acids is 1. The molecule has 2 unspecified atom stereocenters. The second-order valence-electron chi connectivity index (χ2n) is 5.72. The average Bonchev–Trinajstić information content (AvgIpc) is 2.50. The van der Waals surface area contributed by atoms with Gasteiger partial charge in [0, 0.05) is 6.07 Å². The van der Waals surface area contributed by atoms with Gasteiger partial charge in [-0.3, -0.25) is 4.79 Å². The second kappa shape index (κ2) is 5.96. The van der Waals surface area contributed by atoms with E-state index in [1.807, 2.05) is 6.08 Å². The number of carboxylic acid groups (broad SMARTS) is 1. The molecule has 1 aliphatic heterocycles. The van der Waals surface area contributed by atoms with Crippen LogP contribution in [0.3, 0.4) is 0 Å². The summed E-state index contributed by atoms with van der Waals surface area (Å²) in [6, 6.07) is 1.08. The molecule has 0 radical (unpaired) electrons. The van der Waals surface area contributed by atoms with E-state index in [1.165, 1.54) is 0 Å². The van der Waals surface area contributed by atoms with E-state index in [1.54, 1.807) is 13.1 Å². The van der Waals surface area contributed by atoms with E-state index in [0.717, 1.165) is 31.3 Å². The first-order valence-electron chi connectivity index (χ1n) is 7.52. The van der Waals surface area contributed by atoms with Crippen molar-refractivity contribution >= 4 is 12.0 Å². The number of carbonyl (C=O) groups is 1.